The topological polar surface area (TPSA) is 26.0 Å². The van der Waals surface area contributed by atoms with Crippen molar-refractivity contribution in [3.05, 3.63) is 35.4 Å². The van der Waals surface area contributed by atoms with Gasteiger partial charge < -0.3 is 5.73 Å². The van der Waals surface area contributed by atoms with E-state index in [1.54, 1.807) is 0 Å². The Morgan fingerprint density at radius 1 is 1.31 bits per heavy atom. The molecule has 0 saturated carbocycles. The van der Waals surface area contributed by atoms with E-state index in [9.17, 15) is 0 Å². The van der Waals surface area contributed by atoms with Crippen molar-refractivity contribution in [1.82, 2.24) is 0 Å². The van der Waals surface area contributed by atoms with Gasteiger partial charge in [0.1, 0.15) is 0 Å². The van der Waals surface area contributed by atoms with E-state index in [0.29, 0.717) is 0 Å². The smallest absolute Gasteiger partial charge is 0.0245 e. The van der Waals surface area contributed by atoms with Crippen LogP contribution < -0.4 is 5.73 Å². The average molecular weight is 173 g/mol. The highest BCUT2D eigenvalue weighted by Gasteiger charge is 1.96. The molecule has 0 bridgehead atoms. The van der Waals surface area contributed by atoms with E-state index in [2.05, 4.69) is 24.0 Å². The second-order valence-electron chi connectivity index (χ2n) is 3.25. The van der Waals surface area contributed by atoms with Crippen molar-refractivity contribution in [1.29, 1.82) is 0 Å². The van der Waals surface area contributed by atoms with Crippen LogP contribution in [0.3, 0.4) is 0 Å². The first-order valence-corrected chi connectivity index (χ1v) is 4.49. The molecule has 13 heavy (non-hydrogen) atoms. The van der Waals surface area contributed by atoms with Gasteiger partial charge in [-0.25, -0.2) is 0 Å². The molecule has 0 aliphatic heterocycles. The Hall–Kier alpha value is -1.26. The second kappa shape index (κ2) is 4.69. The first-order valence-electron chi connectivity index (χ1n) is 4.49. The molecule has 0 amide bonds. The number of benzene rings is 1. The quantitative estimate of drug-likeness (QED) is 0.680. The Balaban J connectivity index is 2.73. The van der Waals surface area contributed by atoms with E-state index in [1.165, 1.54) is 5.56 Å². The molecule has 1 heteroatoms. The van der Waals surface area contributed by atoms with Gasteiger partial charge in [-0.15, -0.1) is 5.92 Å². The van der Waals surface area contributed by atoms with Gasteiger partial charge in [0.05, 0.1) is 0 Å². The summed E-state index contributed by atoms with van der Waals surface area (Å²) in [7, 11) is 0. The zero-order chi connectivity index (χ0) is 9.68. The van der Waals surface area contributed by atoms with Crippen molar-refractivity contribution < 1.29 is 0 Å². The van der Waals surface area contributed by atoms with Crippen molar-refractivity contribution in [3.63, 3.8) is 0 Å². The summed E-state index contributed by atoms with van der Waals surface area (Å²) in [5, 5.41) is 0. The number of nitrogens with two attached hydrogens (primary N) is 1. The van der Waals surface area contributed by atoms with Crippen molar-refractivity contribution >= 4 is 0 Å². The second-order valence-corrected chi connectivity index (χ2v) is 3.25. The summed E-state index contributed by atoms with van der Waals surface area (Å²) >= 11 is 0. The lowest BCUT2D eigenvalue weighted by Gasteiger charge is -2.04. The highest BCUT2D eigenvalue weighted by molar-refractivity contribution is 5.35. The minimum atomic E-state index is 0.225. The molecule has 0 aliphatic rings. The molecule has 1 aromatic carbocycles. The molecule has 1 unspecified atom stereocenters. The van der Waals surface area contributed by atoms with Gasteiger partial charge in [0.25, 0.3) is 0 Å². The van der Waals surface area contributed by atoms with Gasteiger partial charge in [-0.05, 0) is 38.0 Å². The molecule has 1 aromatic rings. The Bertz CT molecular complexity index is 311. The summed E-state index contributed by atoms with van der Waals surface area (Å²) in [5.41, 5.74) is 8.03. The van der Waals surface area contributed by atoms with Crippen molar-refractivity contribution in [3.8, 4) is 11.8 Å². The summed E-state index contributed by atoms with van der Waals surface area (Å²) in [4.78, 5) is 0. The van der Waals surface area contributed by atoms with Crippen LogP contribution in [-0.2, 0) is 6.42 Å². The fourth-order valence-corrected chi connectivity index (χ4v) is 1.24. The molecule has 1 nitrogen and oxygen atoms in total. The molecular weight excluding hydrogens is 158 g/mol. The van der Waals surface area contributed by atoms with E-state index in [4.69, 9.17) is 5.73 Å². The molecule has 0 radical (unpaired) electrons. The SMILES string of the molecule is CC#Cc1ccc(CC(C)N)cc1. The number of rotatable bonds is 2. The van der Waals surface area contributed by atoms with Crippen LogP contribution in [0.1, 0.15) is 25.0 Å². The van der Waals surface area contributed by atoms with Crippen molar-refractivity contribution in [2.75, 3.05) is 0 Å². The van der Waals surface area contributed by atoms with Gasteiger partial charge in [-0.3, -0.25) is 0 Å². The first-order chi connectivity index (χ1) is 6.22. The molecule has 68 valence electrons. The molecule has 1 atom stereocenters. The highest BCUT2D eigenvalue weighted by Crippen LogP contribution is 2.05. The Morgan fingerprint density at radius 3 is 2.38 bits per heavy atom. The molecule has 1 rings (SSSR count). The third-order valence-electron chi connectivity index (χ3n) is 1.78. The predicted octanol–water partition coefficient (Wildman–Crippen LogP) is 1.95. The molecule has 0 spiro atoms. The lowest BCUT2D eigenvalue weighted by atomic mass is 10.1. The lowest BCUT2D eigenvalue weighted by Crippen LogP contribution is -2.17. The molecule has 0 aromatic heterocycles. The van der Waals surface area contributed by atoms with Gasteiger partial charge in [0.15, 0.2) is 0 Å². The molecular formula is C12H15N. The zero-order valence-electron chi connectivity index (χ0n) is 8.17. The monoisotopic (exact) mass is 173 g/mol. The maximum atomic E-state index is 5.69. The van der Waals surface area contributed by atoms with Gasteiger partial charge >= 0.3 is 0 Å². The van der Waals surface area contributed by atoms with E-state index >= 15 is 0 Å². The molecule has 0 saturated heterocycles. The normalized spacial score (nSPS) is 11.6. The van der Waals surface area contributed by atoms with Gasteiger partial charge in [-0.2, -0.15) is 0 Å². The highest BCUT2D eigenvalue weighted by atomic mass is 14.6. The van der Waals surface area contributed by atoms with Crippen LogP contribution in [-0.4, -0.2) is 6.04 Å². The van der Waals surface area contributed by atoms with E-state index in [-0.39, 0.29) is 6.04 Å². The number of hydrogen-bond donors (Lipinski definition) is 1. The minimum absolute atomic E-state index is 0.225. The molecule has 0 heterocycles. The first kappa shape index (κ1) is 9.83. The summed E-state index contributed by atoms with van der Waals surface area (Å²) in [6.07, 6.45) is 0.930. The summed E-state index contributed by atoms with van der Waals surface area (Å²) in [6, 6.07) is 8.47. The maximum Gasteiger partial charge on any atom is 0.0245 e. The van der Waals surface area contributed by atoms with Gasteiger partial charge in [0, 0.05) is 11.6 Å². The minimum Gasteiger partial charge on any atom is -0.328 e. The third kappa shape index (κ3) is 3.31. The van der Waals surface area contributed by atoms with Crippen molar-refractivity contribution in [2.24, 2.45) is 5.73 Å². The standard InChI is InChI=1S/C12H15N/c1-3-4-11-5-7-12(8-6-11)9-10(2)13/h5-8,10H,9,13H2,1-2H3. The number of hydrogen-bond acceptors (Lipinski definition) is 1. The average Bonchev–Trinajstić information content (AvgIpc) is 2.08. The fourth-order valence-electron chi connectivity index (χ4n) is 1.24. The van der Waals surface area contributed by atoms with Gasteiger partial charge in [0.2, 0.25) is 0 Å². The van der Waals surface area contributed by atoms with E-state index in [0.717, 1.165) is 12.0 Å². The van der Waals surface area contributed by atoms with Crippen LogP contribution in [0.15, 0.2) is 24.3 Å². The van der Waals surface area contributed by atoms with Gasteiger partial charge in [-0.1, -0.05) is 18.1 Å². The van der Waals surface area contributed by atoms with E-state index in [1.807, 2.05) is 26.0 Å². The van der Waals surface area contributed by atoms with Crippen LogP contribution in [0.25, 0.3) is 0 Å². The zero-order valence-corrected chi connectivity index (χ0v) is 8.17. The maximum absolute atomic E-state index is 5.69. The fraction of sp³-hybridized carbons (Fsp3) is 0.333. The molecule has 2 N–H and O–H groups in total. The van der Waals surface area contributed by atoms with Crippen LogP contribution >= 0.6 is 0 Å². The van der Waals surface area contributed by atoms with Crippen LogP contribution in [0.4, 0.5) is 0 Å². The third-order valence-corrected chi connectivity index (χ3v) is 1.78. The Labute approximate surface area is 80.0 Å². The van der Waals surface area contributed by atoms with Crippen LogP contribution in [0.5, 0.6) is 0 Å². The largest absolute Gasteiger partial charge is 0.328 e. The molecule has 0 fully saturated rings. The van der Waals surface area contributed by atoms with Crippen LogP contribution in [0, 0.1) is 11.8 Å². The van der Waals surface area contributed by atoms with E-state index < -0.39 is 0 Å². The lowest BCUT2D eigenvalue weighted by molar-refractivity contribution is 0.738. The van der Waals surface area contributed by atoms with Crippen LogP contribution in [0.2, 0.25) is 0 Å². The Kier molecular flexibility index (Phi) is 3.54. The van der Waals surface area contributed by atoms with Crippen molar-refractivity contribution in [2.45, 2.75) is 26.3 Å². The summed E-state index contributed by atoms with van der Waals surface area (Å²) < 4.78 is 0. The predicted molar refractivity (Wildman–Crippen MR) is 56.3 cm³/mol. The molecule has 0 aliphatic carbocycles. The summed E-state index contributed by atoms with van der Waals surface area (Å²) in [5.74, 6) is 5.88. The summed E-state index contributed by atoms with van der Waals surface area (Å²) in [6.45, 7) is 3.86. The Morgan fingerprint density at radius 2 is 1.92 bits per heavy atom.